The van der Waals surface area contributed by atoms with Crippen molar-refractivity contribution in [3.05, 3.63) is 58.1 Å². The molecular weight excluding hydrogens is 363 g/mol. The van der Waals surface area contributed by atoms with Gasteiger partial charge in [-0.15, -0.1) is 0 Å². The van der Waals surface area contributed by atoms with Crippen LogP contribution in [0.15, 0.2) is 51.4 Å². The van der Waals surface area contributed by atoms with Gasteiger partial charge in [0.25, 0.3) is 5.89 Å². The lowest BCUT2D eigenvalue weighted by Gasteiger charge is -1.96. The Labute approximate surface area is 152 Å². The van der Waals surface area contributed by atoms with E-state index in [9.17, 15) is 4.79 Å². The molecule has 0 bridgehead atoms. The standard InChI is InChI=1S/C18H10Cl2N2O3/c1-9(23)10-2-4-11(5-3-10)17-21-18(25-22-17)15-8-12-13(19)6-7-14(20)16(12)24-15/h2-8H,1H3. The monoisotopic (exact) mass is 372 g/mol. The predicted octanol–water partition coefficient (Wildman–Crippen LogP) is 5.66. The summed E-state index contributed by atoms with van der Waals surface area (Å²) in [5.41, 5.74) is 1.82. The molecule has 0 aliphatic rings. The zero-order valence-corrected chi connectivity index (χ0v) is 14.4. The van der Waals surface area contributed by atoms with E-state index >= 15 is 0 Å². The second kappa shape index (κ2) is 6.02. The van der Waals surface area contributed by atoms with Crippen molar-refractivity contribution in [3.8, 4) is 23.0 Å². The van der Waals surface area contributed by atoms with Crippen LogP contribution in [-0.2, 0) is 0 Å². The summed E-state index contributed by atoms with van der Waals surface area (Å²) in [7, 11) is 0. The summed E-state index contributed by atoms with van der Waals surface area (Å²) in [6.45, 7) is 1.51. The summed E-state index contributed by atoms with van der Waals surface area (Å²) in [5.74, 6) is 0.984. The molecule has 124 valence electrons. The first kappa shape index (κ1) is 15.9. The van der Waals surface area contributed by atoms with Crippen molar-refractivity contribution in [1.82, 2.24) is 10.1 Å². The highest BCUT2D eigenvalue weighted by Gasteiger charge is 2.17. The van der Waals surface area contributed by atoms with Crippen LogP contribution in [0, 0.1) is 0 Å². The molecule has 5 nitrogen and oxygen atoms in total. The zero-order valence-electron chi connectivity index (χ0n) is 12.9. The number of hydrogen-bond donors (Lipinski definition) is 0. The number of carbonyl (C=O) groups excluding carboxylic acids is 1. The van der Waals surface area contributed by atoms with Gasteiger partial charge < -0.3 is 8.94 Å². The number of Topliss-reactive ketones (excluding diaryl/α,β-unsaturated/α-hetero) is 1. The van der Waals surface area contributed by atoms with Crippen LogP contribution in [0.25, 0.3) is 34.0 Å². The molecule has 0 saturated heterocycles. The Hall–Kier alpha value is -2.63. The van der Waals surface area contributed by atoms with E-state index in [4.69, 9.17) is 32.1 Å². The summed E-state index contributed by atoms with van der Waals surface area (Å²) in [6, 6.07) is 12.0. The summed E-state index contributed by atoms with van der Waals surface area (Å²) in [4.78, 5) is 15.7. The molecule has 0 fully saturated rings. The van der Waals surface area contributed by atoms with Crippen LogP contribution in [0.1, 0.15) is 17.3 Å². The number of halogens is 2. The molecule has 4 aromatic rings. The topological polar surface area (TPSA) is 69.1 Å². The Balaban J connectivity index is 1.73. The van der Waals surface area contributed by atoms with Gasteiger partial charge in [-0.3, -0.25) is 4.79 Å². The minimum Gasteiger partial charge on any atom is -0.449 e. The van der Waals surface area contributed by atoms with Gasteiger partial charge in [0.2, 0.25) is 5.82 Å². The number of furan rings is 1. The second-order valence-corrected chi connectivity index (χ2v) is 6.25. The van der Waals surface area contributed by atoms with Crippen LogP contribution < -0.4 is 0 Å². The Morgan fingerprint density at radius 1 is 1.04 bits per heavy atom. The molecule has 0 N–H and O–H groups in total. The first-order valence-corrected chi connectivity index (χ1v) is 8.11. The Kier molecular flexibility index (Phi) is 3.82. The largest absolute Gasteiger partial charge is 0.449 e. The molecule has 7 heteroatoms. The smallest absolute Gasteiger partial charge is 0.293 e. The minimum atomic E-state index is -0.00335. The van der Waals surface area contributed by atoms with Gasteiger partial charge in [-0.1, -0.05) is 52.6 Å². The number of fused-ring (bicyclic) bond motifs is 1. The molecule has 0 spiro atoms. The summed E-state index contributed by atoms with van der Waals surface area (Å²) in [6.07, 6.45) is 0. The molecule has 0 radical (unpaired) electrons. The van der Waals surface area contributed by atoms with Gasteiger partial charge in [0.15, 0.2) is 17.1 Å². The van der Waals surface area contributed by atoms with E-state index in [1.54, 1.807) is 42.5 Å². The molecule has 4 rings (SSSR count). The molecule has 2 heterocycles. The van der Waals surface area contributed by atoms with E-state index in [2.05, 4.69) is 10.1 Å². The fourth-order valence-corrected chi connectivity index (χ4v) is 2.86. The quantitative estimate of drug-likeness (QED) is 0.434. The highest BCUT2D eigenvalue weighted by molar-refractivity contribution is 6.39. The number of benzene rings is 2. The molecule has 2 aromatic carbocycles. The van der Waals surface area contributed by atoms with Crippen molar-refractivity contribution in [2.24, 2.45) is 0 Å². The Bertz CT molecular complexity index is 1060. The fraction of sp³-hybridized carbons (Fsp3) is 0.0556. The average Bonchev–Trinajstić information content (AvgIpc) is 3.26. The molecule has 25 heavy (non-hydrogen) atoms. The highest BCUT2D eigenvalue weighted by Crippen LogP contribution is 2.36. The van der Waals surface area contributed by atoms with Crippen molar-refractivity contribution < 1.29 is 13.7 Å². The van der Waals surface area contributed by atoms with Crippen LogP contribution in [0.3, 0.4) is 0 Å². The van der Waals surface area contributed by atoms with Crippen LogP contribution in [0.2, 0.25) is 10.0 Å². The maximum atomic E-state index is 11.3. The van der Waals surface area contributed by atoms with Gasteiger partial charge in [-0.2, -0.15) is 4.98 Å². The third-order valence-electron chi connectivity index (χ3n) is 3.77. The van der Waals surface area contributed by atoms with Crippen LogP contribution in [0.5, 0.6) is 0 Å². The SMILES string of the molecule is CC(=O)c1ccc(-c2noc(-c3cc4c(Cl)ccc(Cl)c4o3)n2)cc1. The van der Waals surface area contributed by atoms with E-state index in [-0.39, 0.29) is 11.7 Å². The molecule has 0 amide bonds. The molecular formula is C18H10Cl2N2O3. The summed E-state index contributed by atoms with van der Waals surface area (Å²) in [5, 5.41) is 5.60. The fourth-order valence-electron chi connectivity index (χ4n) is 2.46. The Morgan fingerprint density at radius 2 is 1.76 bits per heavy atom. The van der Waals surface area contributed by atoms with Gasteiger partial charge >= 0.3 is 0 Å². The van der Waals surface area contributed by atoms with Gasteiger partial charge in [0.05, 0.1) is 10.0 Å². The molecule has 0 unspecified atom stereocenters. The molecule has 2 aromatic heterocycles. The van der Waals surface area contributed by atoms with Crippen LogP contribution in [-0.4, -0.2) is 15.9 Å². The molecule has 0 aliphatic heterocycles. The summed E-state index contributed by atoms with van der Waals surface area (Å²) < 4.78 is 11.0. The lowest BCUT2D eigenvalue weighted by molar-refractivity contribution is 0.101. The van der Waals surface area contributed by atoms with E-state index in [1.807, 2.05) is 0 Å². The lowest BCUT2D eigenvalue weighted by atomic mass is 10.1. The van der Waals surface area contributed by atoms with Crippen molar-refractivity contribution >= 4 is 40.0 Å². The molecule has 0 saturated carbocycles. The minimum absolute atomic E-state index is 0.00335. The van der Waals surface area contributed by atoms with E-state index in [0.717, 1.165) is 5.56 Å². The predicted molar refractivity (Wildman–Crippen MR) is 95.0 cm³/mol. The van der Waals surface area contributed by atoms with E-state index in [0.29, 0.717) is 38.2 Å². The zero-order chi connectivity index (χ0) is 17.6. The van der Waals surface area contributed by atoms with Gasteiger partial charge in [0.1, 0.15) is 0 Å². The third-order valence-corrected chi connectivity index (χ3v) is 4.40. The molecule has 0 atom stereocenters. The number of hydrogen-bond acceptors (Lipinski definition) is 5. The normalized spacial score (nSPS) is 11.2. The maximum Gasteiger partial charge on any atom is 0.293 e. The van der Waals surface area contributed by atoms with E-state index < -0.39 is 0 Å². The van der Waals surface area contributed by atoms with Crippen molar-refractivity contribution in [2.45, 2.75) is 6.92 Å². The number of aromatic nitrogens is 2. The third kappa shape index (κ3) is 2.81. The number of carbonyl (C=O) groups is 1. The van der Waals surface area contributed by atoms with Crippen molar-refractivity contribution in [1.29, 1.82) is 0 Å². The Morgan fingerprint density at radius 3 is 2.44 bits per heavy atom. The van der Waals surface area contributed by atoms with E-state index in [1.165, 1.54) is 6.92 Å². The highest BCUT2D eigenvalue weighted by atomic mass is 35.5. The second-order valence-electron chi connectivity index (χ2n) is 5.44. The van der Waals surface area contributed by atoms with Gasteiger partial charge in [-0.25, -0.2) is 0 Å². The number of ketones is 1. The summed E-state index contributed by atoms with van der Waals surface area (Å²) >= 11 is 12.3. The first-order valence-electron chi connectivity index (χ1n) is 7.36. The lowest BCUT2D eigenvalue weighted by Crippen LogP contribution is -1.91. The van der Waals surface area contributed by atoms with Crippen molar-refractivity contribution in [3.63, 3.8) is 0 Å². The van der Waals surface area contributed by atoms with Crippen LogP contribution in [0.4, 0.5) is 0 Å². The van der Waals surface area contributed by atoms with Crippen LogP contribution >= 0.6 is 23.2 Å². The first-order chi connectivity index (χ1) is 12.0. The maximum absolute atomic E-state index is 11.3. The van der Waals surface area contributed by atoms with Gasteiger partial charge in [-0.05, 0) is 25.1 Å². The van der Waals surface area contributed by atoms with Gasteiger partial charge in [0, 0.05) is 16.5 Å². The molecule has 0 aliphatic carbocycles. The number of rotatable bonds is 3. The number of nitrogens with zero attached hydrogens (tertiary/aromatic N) is 2. The average molecular weight is 373 g/mol. The van der Waals surface area contributed by atoms with Crippen molar-refractivity contribution in [2.75, 3.05) is 0 Å².